The summed E-state index contributed by atoms with van der Waals surface area (Å²) in [5.41, 5.74) is 4.75. The van der Waals surface area contributed by atoms with Crippen molar-refractivity contribution in [1.82, 2.24) is 5.32 Å². The number of carbonyl (C=O) groups excluding carboxylic acids is 1. The third-order valence-corrected chi connectivity index (χ3v) is 5.51. The fourth-order valence-corrected chi connectivity index (χ4v) is 4.72. The maximum absolute atomic E-state index is 11.9. The summed E-state index contributed by atoms with van der Waals surface area (Å²) in [6.07, 6.45) is 4.23. The lowest BCUT2D eigenvalue weighted by Gasteiger charge is -2.46. The Hall–Kier alpha value is -1.59. The van der Waals surface area contributed by atoms with E-state index in [0.717, 1.165) is 5.56 Å². The van der Waals surface area contributed by atoms with E-state index in [2.05, 4.69) is 69.1 Å². The SMILES string of the molecule is CC1=CC(C)(C)N(C(C)C)c2ccc(/C=C3/SC(=S)NC3=O)cc21. The van der Waals surface area contributed by atoms with Crippen molar-refractivity contribution in [2.24, 2.45) is 0 Å². The van der Waals surface area contributed by atoms with Gasteiger partial charge >= 0.3 is 0 Å². The molecule has 1 saturated heterocycles. The van der Waals surface area contributed by atoms with Crippen LogP contribution in [0.15, 0.2) is 29.2 Å². The number of nitrogens with zero attached hydrogens (tertiary/aromatic N) is 1. The van der Waals surface area contributed by atoms with E-state index in [1.165, 1.54) is 28.6 Å². The topological polar surface area (TPSA) is 32.3 Å². The lowest BCUT2D eigenvalue weighted by molar-refractivity contribution is -0.115. The maximum atomic E-state index is 11.9. The molecule has 126 valence electrons. The Morgan fingerprint density at radius 3 is 2.62 bits per heavy atom. The number of fused-ring (bicyclic) bond motifs is 1. The minimum absolute atomic E-state index is 0.0153. The summed E-state index contributed by atoms with van der Waals surface area (Å²) < 4.78 is 0.521. The molecule has 1 aromatic rings. The predicted octanol–water partition coefficient (Wildman–Crippen LogP) is 4.59. The Morgan fingerprint density at radius 1 is 1.33 bits per heavy atom. The van der Waals surface area contributed by atoms with E-state index in [4.69, 9.17) is 12.2 Å². The monoisotopic (exact) mass is 358 g/mol. The Balaban J connectivity index is 2.06. The molecule has 2 heterocycles. The molecule has 1 aromatic carbocycles. The third kappa shape index (κ3) is 3.03. The Bertz CT molecular complexity index is 791. The van der Waals surface area contributed by atoms with Crippen molar-refractivity contribution in [3.8, 4) is 0 Å². The van der Waals surface area contributed by atoms with Crippen molar-refractivity contribution in [2.45, 2.75) is 46.2 Å². The highest BCUT2D eigenvalue weighted by molar-refractivity contribution is 8.26. The first kappa shape index (κ1) is 17.2. The van der Waals surface area contributed by atoms with Crippen LogP contribution in [0.1, 0.15) is 45.7 Å². The zero-order chi connectivity index (χ0) is 17.6. The van der Waals surface area contributed by atoms with E-state index in [1.54, 1.807) is 0 Å². The van der Waals surface area contributed by atoms with Crippen molar-refractivity contribution >= 4 is 51.5 Å². The summed E-state index contributed by atoms with van der Waals surface area (Å²) in [5.74, 6) is -0.111. The maximum Gasteiger partial charge on any atom is 0.263 e. The Kier molecular flexibility index (Phi) is 4.34. The molecule has 0 saturated carbocycles. The minimum Gasteiger partial charge on any atom is -0.360 e. The minimum atomic E-state index is -0.111. The van der Waals surface area contributed by atoms with Gasteiger partial charge in [-0.1, -0.05) is 36.1 Å². The van der Waals surface area contributed by atoms with Crippen LogP contribution in [0.3, 0.4) is 0 Å². The van der Waals surface area contributed by atoms with E-state index in [1.807, 2.05) is 6.08 Å². The predicted molar refractivity (Wildman–Crippen MR) is 108 cm³/mol. The Labute approximate surface area is 153 Å². The molecule has 0 aliphatic carbocycles. The fraction of sp³-hybridized carbons (Fsp3) is 0.368. The number of nitrogens with one attached hydrogen (secondary N) is 1. The highest BCUT2D eigenvalue weighted by Crippen LogP contribution is 2.41. The summed E-state index contributed by atoms with van der Waals surface area (Å²) in [4.78, 5) is 15.0. The van der Waals surface area contributed by atoms with Gasteiger partial charge in [-0.05, 0) is 64.0 Å². The summed E-state index contributed by atoms with van der Waals surface area (Å²) in [6, 6.07) is 6.80. The molecular formula is C19H22N2OS2. The normalized spacial score (nSPS) is 21.2. The molecule has 1 fully saturated rings. The first-order valence-corrected chi connectivity index (χ1v) is 9.29. The van der Waals surface area contributed by atoms with Crippen LogP contribution in [-0.2, 0) is 4.79 Å². The van der Waals surface area contributed by atoms with Crippen LogP contribution < -0.4 is 10.2 Å². The standard InChI is InChI=1S/C19H22N2OS2/c1-11(2)21-15-7-6-13(9-16-17(22)20-18(23)24-16)8-14(15)12(3)10-19(21,4)5/h6-11H,1-5H3,(H,20,22,23)/b16-9+. The smallest absolute Gasteiger partial charge is 0.263 e. The second kappa shape index (κ2) is 6.05. The first-order valence-electron chi connectivity index (χ1n) is 8.07. The van der Waals surface area contributed by atoms with Gasteiger partial charge in [-0.15, -0.1) is 0 Å². The quantitative estimate of drug-likeness (QED) is 0.619. The number of thioether (sulfide) groups is 1. The van der Waals surface area contributed by atoms with Gasteiger partial charge in [0.2, 0.25) is 0 Å². The van der Waals surface area contributed by atoms with Crippen LogP contribution in [0.25, 0.3) is 11.6 Å². The molecule has 5 heteroatoms. The molecule has 0 bridgehead atoms. The van der Waals surface area contributed by atoms with Crippen LogP contribution in [0, 0.1) is 0 Å². The van der Waals surface area contributed by atoms with E-state index >= 15 is 0 Å². The summed E-state index contributed by atoms with van der Waals surface area (Å²) >= 11 is 6.37. The number of hydrogen-bond acceptors (Lipinski definition) is 4. The van der Waals surface area contributed by atoms with Crippen LogP contribution in [0.2, 0.25) is 0 Å². The molecule has 0 aromatic heterocycles. The molecule has 0 radical (unpaired) electrons. The van der Waals surface area contributed by atoms with Crippen molar-refractivity contribution in [1.29, 1.82) is 0 Å². The molecular weight excluding hydrogens is 336 g/mol. The van der Waals surface area contributed by atoms with Crippen molar-refractivity contribution < 1.29 is 4.79 Å². The number of thiocarbonyl (C=S) groups is 1. The lowest BCUT2D eigenvalue weighted by Crippen LogP contribution is -2.49. The van der Waals surface area contributed by atoms with Crippen molar-refractivity contribution in [3.05, 3.63) is 40.3 Å². The highest BCUT2D eigenvalue weighted by atomic mass is 32.2. The number of allylic oxidation sites excluding steroid dienone is 1. The van der Waals surface area contributed by atoms with E-state index in [0.29, 0.717) is 15.3 Å². The second-order valence-corrected chi connectivity index (χ2v) is 8.79. The zero-order valence-corrected chi connectivity index (χ0v) is 16.3. The highest BCUT2D eigenvalue weighted by Gasteiger charge is 2.33. The largest absolute Gasteiger partial charge is 0.360 e. The Morgan fingerprint density at radius 2 is 2.04 bits per heavy atom. The number of anilines is 1. The first-order chi connectivity index (χ1) is 11.2. The van der Waals surface area contributed by atoms with Gasteiger partial charge in [0.05, 0.1) is 10.4 Å². The van der Waals surface area contributed by atoms with Gasteiger partial charge in [-0.3, -0.25) is 4.79 Å². The van der Waals surface area contributed by atoms with Crippen LogP contribution in [0.5, 0.6) is 0 Å². The molecule has 24 heavy (non-hydrogen) atoms. The van der Waals surface area contributed by atoms with Crippen LogP contribution >= 0.6 is 24.0 Å². The molecule has 3 rings (SSSR count). The second-order valence-electron chi connectivity index (χ2n) is 7.07. The van der Waals surface area contributed by atoms with Crippen molar-refractivity contribution in [2.75, 3.05) is 4.90 Å². The van der Waals surface area contributed by atoms with Gasteiger partial charge in [-0.25, -0.2) is 0 Å². The molecule has 0 spiro atoms. The van der Waals surface area contributed by atoms with Gasteiger partial charge in [0, 0.05) is 17.3 Å². The average Bonchev–Trinajstić information content (AvgIpc) is 2.76. The number of amides is 1. The number of hydrogen-bond donors (Lipinski definition) is 1. The lowest BCUT2D eigenvalue weighted by atomic mass is 9.87. The third-order valence-electron chi connectivity index (χ3n) is 4.35. The number of carbonyl (C=O) groups is 1. The summed E-state index contributed by atoms with van der Waals surface area (Å²) in [5, 5.41) is 2.66. The van der Waals surface area contributed by atoms with E-state index < -0.39 is 0 Å². The number of benzene rings is 1. The molecule has 0 atom stereocenters. The number of rotatable bonds is 2. The summed E-state index contributed by atoms with van der Waals surface area (Å²) in [6.45, 7) is 11.1. The van der Waals surface area contributed by atoms with Crippen LogP contribution in [-0.4, -0.2) is 21.8 Å². The molecule has 0 unspecified atom stereocenters. The molecule has 1 N–H and O–H groups in total. The van der Waals surface area contributed by atoms with Gasteiger partial charge in [0.15, 0.2) is 0 Å². The zero-order valence-electron chi connectivity index (χ0n) is 14.6. The average molecular weight is 359 g/mol. The molecule has 2 aliphatic heterocycles. The van der Waals surface area contributed by atoms with Crippen molar-refractivity contribution in [3.63, 3.8) is 0 Å². The van der Waals surface area contributed by atoms with Crippen LogP contribution in [0.4, 0.5) is 5.69 Å². The van der Waals surface area contributed by atoms with E-state index in [-0.39, 0.29) is 11.4 Å². The molecule has 1 amide bonds. The van der Waals surface area contributed by atoms with Gasteiger partial charge in [0.1, 0.15) is 4.32 Å². The summed E-state index contributed by atoms with van der Waals surface area (Å²) in [7, 11) is 0. The fourth-order valence-electron chi connectivity index (χ4n) is 3.67. The van der Waals surface area contributed by atoms with Gasteiger partial charge in [-0.2, -0.15) is 0 Å². The molecule has 3 nitrogen and oxygen atoms in total. The van der Waals surface area contributed by atoms with Gasteiger partial charge < -0.3 is 10.2 Å². The van der Waals surface area contributed by atoms with E-state index in [9.17, 15) is 4.79 Å². The van der Waals surface area contributed by atoms with Gasteiger partial charge in [0.25, 0.3) is 5.91 Å². The molecule has 2 aliphatic rings.